The molecule has 1 atom stereocenters. The van der Waals surface area contributed by atoms with E-state index in [9.17, 15) is 9.59 Å². The largest absolute Gasteiger partial charge is 0.444 e. The number of hydrogen-bond acceptors (Lipinski definition) is 4. The normalized spacial score (nSPS) is 18.9. The quantitative estimate of drug-likeness (QED) is 0.909. The Morgan fingerprint density at radius 1 is 1.41 bits per heavy atom. The molecule has 1 fully saturated rings. The lowest BCUT2D eigenvalue weighted by Crippen LogP contribution is -2.50. The van der Waals surface area contributed by atoms with Crippen molar-refractivity contribution in [3.63, 3.8) is 0 Å². The first-order chi connectivity index (χ1) is 10.3. The molecule has 1 aliphatic rings. The maximum atomic E-state index is 12.3. The van der Waals surface area contributed by atoms with Crippen molar-refractivity contribution in [3.8, 4) is 0 Å². The van der Waals surface area contributed by atoms with Gasteiger partial charge in [-0.25, -0.2) is 4.79 Å². The zero-order valence-electron chi connectivity index (χ0n) is 13.6. The van der Waals surface area contributed by atoms with Crippen molar-refractivity contribution < 1.29 is 14.3 Å². The summed E-state index contributed by atoms with van der Waals surface area (Å²) in [6.45, 7) is 8.68. The number of hydrogen-bond donors (Lipinski definition) is 1. The molecule has 0 aromatic carbocycles. The summed E-state index contributed by atoms with van der Waals surface area (Å²) in [7, 11) is 0. The molecule has 1 aliphatic heterocycles. The highest BCUT2D eigenvalue weighted by Gasteiger charge is 2.28. The Labute approximate surface area is 135 Å². The smallest absolute Gasteiger partial charge is 0.410 e. The Morgan fingerprint density at radius 3 is 2.73 bits per heavy atom. The van der Waals surface area contributed by atoms with E-state index in [0.29, 0.717) is 13.1 Å². The van der Waals surface area contributed by atoms with Crippen LogP contribution < -0.4 is 5.32 Å². The van der Waals surface area contributed by atoms with Gasteiger partial charge in [-0.3, -0.25) is 4.79 Å². The van der Waals surface area contributed by atoms with E-state index < -0.39 is 5.60 Å². The van der Waals surface area contributed by atoms with Crippen LogP contribution in [0.25, 0.3) is 0 Å². The van der Waals surface area contributed by atoms with Crippen molar-refractivity contribution >= 4 is 23.3 Å². The first-order valence-corrected chi connectivity index (χ1v) is 8.47. The lowest BCUT2D eigenvalue weighted by molar-refractivity contribution is 0.0186. The van der Waals surface area contributed by atoms with Gasteiger partial charge in [0.15, 0.2) is 0 Å². The van der Waals surface area contributed by atoms with E-state index in [1.807, 2.05) is 39.1 Å². The molecule has 5 nitrogen and oxygen atoms in total. The summed E-state index contributed by atoms with van der Waals surface area (Å²) < 4.78 is 5.40. The predicted molar refractivity (Wildman–Crippen MR) is 87.4 cm³/mol. The minimum Gasteiger partial charge on any atom is -0.444 e. The van der Waals surface area contributed by atoms with Crippen molar-refractivity contribution in [1.82, 2.24) is 10.2 Å². The molecular formula is C16H24N2O3S. The van der Waals surface area contributed by atoms with Gasteiger partial charge >= 0.3 is 6.09 Å². The number of thiophene rings is 1. The van der Waals surface area contributed by atoms with Crippen LogP contribution in [0.1, 0.15) is 48.8 Å². The molecule has 1 aromatic heterocycles. The van der Waals surface area contributed by atoms with Crippen molar-refractivity contribution in [1.29, 1.82) is 0 Å². The Balaban J connectivity index is 1.92. The highest BCUT2D eigenvalue weighted by atomic mass is 32.1. The van der Waals surface area contributed by atoms with Gasteiger partial charge in [0.25, 0.3) is 5.91 Å². The lowest BCUT2D eigenvalue weighted by atomic mass is 10.1. The van der Waals surface area contributed by atoms with Gasteiger partial charge in [0.2, 0.25) is 0 Å². The molecule has 0 unspecified atom stereocenters. The summed E-state index contributed by atoms with van der Waals surface area (Å²) in [6.07, 6.45) is 1.45. The third kappa shape index (κ3) is 4.47. The van der Waals surface area contributed by atoms with E-state index >= 15 is 0 Å². The number of carbonyl (C=O) groups is 2. The van der Waals surface area contributed by atoms with Gasteiger partial charge < -0.3 is 15.0 Å². The fraction of sp³-hybridized carbons (Fsp3) is 0.625. The first-order valence-electron chi connectivity index (χ1n) is 7.59. The minimum atomic E-state index is -0.499. The molecule has 2 heterocycles. The van der Waals surface area contributed by atoms with E-state index in [4.69, 9.17) is 4.74 Å². The number of nitrogens with one attached hydrogen (secondary N) is 1. The molecular weight excluding hydrogens is 300 g/mol. The van der Waals surface area contributed by atoms with Gasteiger partial charge in [-0.05, 0) is 57.5 Å². The number of carbonyl (C=O) groups excluding carboxylic acids is 2. The molecule has 0 bridgehead atoms. The van der Waals surface area contributed by atoms with Crippen molar-refractivity contribution in [3.05, 3.63) is 21.9 Å². The van der Waals surface area contributed by atoms with E-state index in [2.05, 4.69) is 5.32 Å². The average Bonchev–Trinajstić information content (AvgIpc) is 2.83. The van der Waals surface area contributed by atoms with Crippen LogP contribution in [-0.2, 0) is 4.74 Å². The van der Waals surface area contributed by atoms with Crippen LogP contribution in [0.5, 0.6) is 0 Å². The molecule has 122 valence electrons. The fourth-order valence-corrected chi connectivity index (χ4v) is 3.27. The number of nitrogens with zero attached hydrogens (tertiary/aromatic N) is 1. The van der Waals surface area contributed by atoms with Gasteiger partial charge in [-0.1, -0.05) is 0 Å². The van der Waals surface area contributed by atoms with Gasteiger partial charge in [-0.2, -0.15) is 0 Å². The molecule has 22 heavy (non-hydrogen) atoms. The Morgan fingerprint density at radius 2 is 2.14 bits per heavy atom. The van der Waals surface area contributed by atoms with Crippen LogP contribution in [0.15, 0.2) is 11.4 Å². The van der Waals surface area contributed by atoms with Crippen LogP contribution >= 0.6 is 11.3 Å². The number of rotatable bonds is 2. The van der Waals surface area contributed by atoms with Gasteiger partial charge in [0.05, 0.1) is 4.88 Å². The Bertz CT molecular complexity index is 548. The van der Waals surface area contributed by atoms with Crippen molar-refractivity contribution in [2.75, 3.05) is 13.1 Å². The zero-order chi connectivity index (χ0) is 16.3. The van der Waals surface area contributed by atoms with E-state index in [-0.39, 0.29) is 18.0 Å². The molecule has 0 spiro atoms. The zero-order valence-corrected chi connectivity index (χ0v) is 14.5. The standard InChI is InChI=1S/C16H24N2O3S/c1-11-7-9-22-13(11)14(19)17-12-6-5-8-18(10-12)15(20)21-16(2,3)4/h7,9,12H,5-6,8,10H2,1-4H3,(H,17,19)/t12-/m1/s1. The van der Waals surface area contributed by atoms with E-state index in [1.54, 1.807) is 4.90 Å². The molecule has 0 radical (unpaired) electrons. The topological polar surface area (TPSA) is 58.6 Å². The van der Waals surface area contributed by atoms with Gasteiger partial charge in [0, 0.05) is 19.1 Å². The maximum Gasteiger partial charge on any atom is 0.410 e. The molecule has 6 heteroatoms. The van der Waals surface area contributed by atoms with E-state index in [1.165, 1.54) is 11.3 Å². The van der Waals surface area contributed by atoms with Gasteiger partial charge in [-0.15, -0.1) is 11.3 Å². The Kier molecular flexibility index (Phi) is 5.11. The summed E-state index contributed by atoms with van der Waals surface area (Å²) in [4.78, 5) is 26.8. The first kappa shape index (κ1) is 16.8. The van der Waals surface area contributed by atoms with Crippen molar-refractivity contribution in [2.24, 2.45) is 0 Å². The third-order valence-electron chi connectivity index (χ3n) is 3.48. The number of piperidine rings is 1. The Hall–Kier alpha value is -1.56. The van der Waals surface area contributed by atoms with Crippen LogP contribution in [0.2, 0.25) is 0 Å². The van der Waals surface area contributed by atoms with Crippen LogP contribution in [0, 0.1) is 6.92 Å². The molecule has 2 amide bonds. The second-order valence-corrected chi connectivity index (χ2v) is 7.59. The second kappa shape index (κ2) is 6.69. The second-order valence-electron chi connectivity index (χ2n) is 6.67. The van der Waals surface area contributed by atoms with E-state index in [0.717, 1.165) is 23.3 Å². The van der Waals surface area contributed by atoms with Crippen LogP contribution in [-0.4, -0.2) is 41.6 Å². The highest BCUT2D eigenvalue weighted by Crippen LogP contribution is 2.18. The average molecular weight is 324 g/mol. The van der Waals surface area contributed by atoms with Crippen LogP contribution in [0.4, 0.5) is 4.79 Å². The summed E-state index contributed by atoms with van der Waals surface area (Å²) in [6, 6.07) is 1.92. The summed E-state index contributed by atoms with van der Waals surface area (Å²) >= 11 is 1.44. The predicted octanol–water partition coefficient (Wildman–Crippen LogP) is 3.19. The monoisotopic (exact) mass is 324 g/mol. The molecule has 2 rings (SSSR count). The third-order valence-corrected chi connectivity index (χ3v) is 4.49. The molecule has 0 aliphatic carbocycles. The number of likely N-dealkylation sites (tertiary alicyclic amines) is 1. The number of aryl methyl sites for hydroxylation is 1. The molecule has 0 saturated carbocycles. The fourth-order valence-electron chi connectivity index (χ4n) is 2.44. The number of ether oxygens (including phenoxy) is 1. The molecule has 1 aromatic rings. The SMILES string of the molecule is Cc1ccsc1C(=O)N[C@@H]1CCCN(C(=O)OC(C)(C)C)C1. The summed E-state index contributed by atoms with van der Waals surface area (Å²) in [5.41, 5.74) is 0.490. The lowest BCUT2D eigenvalue weighted by Gasteiger charge is -2.34. The molecule has 1 N–H and O–H groups in total. The molecule has 1 saturated heterocycles. The summed E-state index contributed by atoms with van der Waals surface area (Å²) in [5, 5.41) is 4.95. The maximum absolute atomic E-state index is 12.3. The van der Waals surface area contributed by atoms with Gasteiger partial charge in [0.1, 0.15) is 5.60 Å². The minimum absolute atomic E-state index is 0.0183. The highest BCUT2D eigenvalue weighted by molar-refractivity contribution is 7.12. The summed E-state index contributed by atoms with van der Waals surface area (Å²) in [5.74, 6) is -0.0523. The van der Waals surface area contributed by atoms with Crippen molar-refractivity contribution in [2.45, 2.75) is 52.2 Å². The number of amides is 2. The van der Waals surface area contributed by atoms with Crippen LogP contribution in [0.3, 0.4) is 0 Å².